The van der Waals surface area contributed by atoms with Crippen molar-refractivity contribution in [1.29, 1.82) is 0 Å². The Morgan fingerprint density at radius 1 is 1.24 bits per heavy atom. The molecule has 0 unspecified atom stereocenters. The lowest BCUT2D eigenvalue weighted by Crippen LogP contribution is -2.17. The molecular weight excluding hydrogens is 212 g/mol. The first-order valence-corrected chi connectivity index (χ1v) is 6.58. The number of ketones is 1. The van der Waals surface area contributed by atoms with Crippen molar-refractivity contribution < 1.29 is 9.53 Å². The number of carbonyl (C=O) groups is 1. The van der Waals surface area contributed by atoms with Gasteiger partial charge in [-0.15, -0.1) is 0 Å². The molecule has 2 rings (SSSR count). The quantitative estimate of drug-likeness (QED) is 0.789. The van der Waals surface area contributed by atoms with Crippen LogP contribution in [0.15, 0.2) is 18.2 Å². The third kappa shape index (κ3) is 2.51. The number of ether oxygens (including phenoxy) is 1. The Bertz CT molecular complexity index is 405. The molecule has 1 aliphatic rings. The van der Waals surface area contributed by atoms with Crippen LogP contribution < -0.4 is 4.74 Å². The molecule has 0 saturated carbocycles. The summed E-state index contributed by atoms with van der Waals surface area (Å²) >= 11 is 0. The second-order valence-electron chi connectivity index (χ2n) is 4.62. The van der Waals surface area contributed by atoms with E-state index >= 15 is 0 Å². The van der Waals surface area contributed by atoms with E-state index in [1.807, 2.05) is 18.2 Å². The topological polar surface area (TPSA) is 26.3 Å². The number of Topliss-reactive ketones (excluding diaryl/α,β-unsaturated/α-hetero) is 1. The van der Waals surface area contributed by atoms with Gasteiger partial charge < -0.3 is 4.74 Å². The van der Waals surface area contributed by atoms with Gasteiger partial charge in [0, 0.05) is 17.5 Å². The molecule has 1 aliphatic carbocycles. The van der Waals surface area contributed by atoms with E-state index in [9.17, 15) is 4.79 Å². The largest absolute Gasteiger partial charge is 0.490 e. The Balaban J connectivity index is 2.29. The summed E-state index contributed by atoms with van der Waals surface area (Å²) in [5.74, 6) is 1.19. The van der Waals surface area contributed by atoms with Crippen LogP contribution in [-0.4, -0.2) is 11.9 Å². The molecule has 0 fully saturated rings. The van der Waals surface area contributed by atoms with Gasteiger partial charge in [0.2, 0.25) is 0 Å². The summed E-state index contributed by atoms with van der Waals surface area (Å²) in [5, 5.41) is 0. The van der Waals surface area contributed by atoms with Gasteiger partial charge in [-0.1, -0.05) is 26.0 Å². The summed E-state index contributed by atoms with van der Waals surface area (Å²) in [4.78, 5) is 11.8. The summed E-state index contributed by atoms with van der Waals surface area (Å²) in [5.41, 5.74) is 2.00. The normalized spacial score (nSPS) is 14.9. The van der Waals surface area contributed by atoms with Crippen LogP contribution in [0.25, 0.3) is 0 Å². The predicted molar refractivity (Wildman–Crippen MR) is 68.7 cm³/mol. The van der Waals surface area contributed by atoms with Gasteiger partial charge in [0.1, 0.15) is 5.75 Å². The number of benzene rings is 1. The zero-order chi connectivity index (χ0) is 12.3. The van der Waals surface area contributed by atoms with Gasteiger partial charge in [-0.3, -0.25) is 4.79 Å². The average Bonchev–Trinajstić information content (AvgIpc) is 2.37. The third-order valence-corrected chi connectivity index (χ3v) is 3.47. The van der Waals surface area contributed by atoms with Crippen LogP contribution in [0.1, 0.15) is 55.5 Å². The Labute approximate surface area is 103 Å². The van der Waals surface area contributed by atoms with Crippen molar-refractivity contribution in [2.24, 2.45) is 0 Å². The van der Waals surface area contributed by atoms with Crippen LogP contribution in [0.4, 0.5) is 0 Å². The molecule has 0 saturated heterocycles. The summed E-state index contributed by atoms with van der Waals surface area (Å²) < 4.78 is 6.01. The van der Waals surface area contributed by atoms with Crippen LogP contribution in [0.2, 0.25) is 0 Å². The maximum Gasteiger partial charge on any atom is 0.163 e. The van der Waals surface area contributed by atoms with E-state index in [0.717, 1.165) is 42.6 Å². The van der Waals surface area contributed by atoms with Crippen molar-refractivity contribution in [2.75, 3.05) is 0 Å². The number of fused-ring (bicyclic) bond motifs is 1. The molecule has 2 heteroatoms. The molecule has 0 atom stereocenters. The van der Waals surface area contributed by atoms with E-state index in [1.165, 1.54) is 0 Å². The van der Waals surface area contributed by atoms with Gasteiger partial charge in [0.25, 0.3) is 0 Å². The lowest BCUT2D eigenvalue weighted by atomic mass is 9.90. The molecule has 0 bridgehead atoms. The maximum atomic E-state index is 11.8. The Kier molecular flexibility index (Phi) is 3.82. The highest BCUT2D eigenvalue weighted by Gasteiger charge is 2.21. The number of hydrogen-bond donors (Lipinski definition) is 0. The van der Waals surface area contributed by atoms with Gasteiger partial charge in [-0.05, 0) is 31.7 Å². The molecule has 2 nitrogen and oxygen atoms in total. The minimum atomic E-state index is 0.263. The van der Waals surface area contributed by atoms with Crippen molar-refractivity contribution >= 4 is 5.78 Å². The average molecular weight is 232 g/mol. The fraction of sp³-hybridized carbons (Fsp3) is 0.533. The lowest BCUT2D eigenvalue weighted by molar-refractivity contribution is 0.0970. The van der Waals surface area contributed by atoms with Gasteiger partial charge >= 0.3 is 0 Å². The second-order valence-corrected chi connectivity index (χ2v) is 4.62. The van der Waals surface area contributed by atoms with Crippen LogP contribution >= 0.6 is 0 Å². The van der Waals surface area contributed by atoms with Crippen molar-refractivity contribution in [3.8, 4) is 5.75 Å². The van der Waals surface area contributed by atoms with E-state index in [2.05, 4.69) is 13.8 Å². The summed E-state index contributed by atoms with van der Waals surface area (Å²) in [6.07, 6.45) is 4.88. The van der Waals surface area contributed by atoms with Crippen molar-refractivity contribution in [2.45, 2.75) is 52.1 Å². The molecule has 1 aromatic carbocycles. The molecule has 92 valence electrons. The Morgan fingerprint density at radius 3 is 2.71 bits per heavy atom. The van der Waals surface area contributed by atoms with Crippen LogP contribution in [0, 0.1) is 0 Å². The van der Waals surface area contributed by atoms with E-state index in [1.54, 1.807) is 0 Å². The second kappa shape index (κ2) is 5.35. The zero-order valence-corrected chi connectivity index (χ0v) is 10.7. The standard InChI is InChI=1S/C15H20O2/c1-3-11(4-2)17-15-10-6-7-12-13(15)8-5-9-14(12)16/h6-7,10-11H,3-5,8-9H2,1-2H3. The minimum absolute atomic E-state index is 0.263. The monoisotopic (exact) mass is 232 g/mol. The van der Waals surface area contributed by atoms with Crippen molar-refractivity contribution in [1.82, 2.24) is 0 Å². The van der Waals surface area contributed by atoms with E-state index in [-0.39, 0.29) is 11.9 Å². The van der Waals surface area contributed by atoms with Gasteiger partial charge in [-0.25, -0.2) is 0 Å². The highest BCUT2D eigenvalue weighted by molar-refractivity contribution is 5.99. The van der Waals surface area contributed by atoms with E-state index in [4.69, 9.17) is 4.74 Å². The molecule has 0 amide bonds. The molecular formula is C15H20O2. The van der Waals surface area contributed by atoms with Crippen molar-refractivity contribution in [3.05, 3.63) is 29.3 Å². The molecule has 0 aromatic heterocycles. The molecule has 0 heterocycles. The van der Waals surface area contributed by atoms with Gasteiger partial charge in [0.05, 0.1) is 6.10 Å². The fourth-order valence-corrected chi connectivity index (χ4v) is 2.39. The lowest BCUT2D eigenvalue weighted by Gasteiger charge is -2.22. The van der Waals surface area contributed by atoms with Crippen molar-refractivity contribution in [3.63, 3.8) is 0 Å². The summed E-state index contributed by atoms with van der Waals surface area (Å²) in [7, 11) is 0. The van der Waals surface area contributed by atoms with Crippen LogP contribution in [0.3, 0.4) is 0 Å². The molecule has 0 N–H and O–H groups in total. The SMILES string of the molecule is CCC(CC)Oc1cccc2c1CCCC2=O. The van der Waals surface area contributed by atoms with Gasteiger partial charge in [-0.2, -0.15) is 0 Å². The molecule has 0 spiro atoms. The first-order valence-electron chi connectivity index (χ1n) is 6.58. The molecule has 0 aliphatic heterocycles. The molecule has 17 heavy (non-hydrogen) atoms. The smallest absolute Gasteiger partial charge is 0.163 e. The first-order chi connectivity index (χ1) is 8.26. The number of carbonyl (C=O) groups excluding carboxylic acids is 1. The Morgan fingerprint density at radius 2 is 2.00 bits per heavy atom. The number of hydrogen-bond acceptors (Lipinski definition) is 2. The third-order valence-electron chi connectivity index (χ3n) is 3.47. The summed E-state index contributed by atoms with van der Waals surface area (Å²) in [6.45, 7) is 4.27. The van der Waals surface area contributed by atoms with E-state index in [0.29, 0.717) is 6.42 Å². The predicted octanol–water partition coefficient (Wildman–Crippen LogP) is 3.77. The first kappa shape index (κ1) is 12.2. The molecule has 0 radical (unpaired) electrons. The maximum absolute atomic E-state index is 11.8. The number of rotatable bonds is 4. The molecule has 1 aromatic rings. The highest BCUT2D eigenvalue weighted by Crippen LogP contribution is 2.30. The minimum Gasteiger partial charge on any atom is -0.490 e. The summed E-state index contributed by atoms with van der Waals surface area (Å²) in [6, 6.07) is 5.85. The van der Waals surface area contributed by atoms with Gasteiger partial charge in [0.15, 0.2) is 5.78 Å². The van der Waals surface area contributed by atoms with Crippen LogP contribution in [0.5, 0.6) is 5.75 Å². The zero-order valence-electron chi connectivity index (χ0n) is 10.7. The highest BCUT2D eigenvalue weighted by atomic mass is 16.5. The Hall–Kier alpha value is -1.31. The van der Waals surface area contributed by atoms with E-state index < -0.39 is 0 Å². The van der Waals surface area contributed by atoms with Crippen LogP contribution in [-0.2, 0) is 6.42 Å². The fourth-order valence-electron chi connectivity index (χ4n) is 2.39.